The lowest BCUT2D eigenvalue weighted by Crippen LogP contribution is -2.49. The number of carbonyl (C=O) groups excluding carboxylic acids is 2. The van der Waals surface area contributed by atoms with Gasteiger partial charge < -0.3 is 4.90 Å². The lowest BCUT2D eigenvalue weighted by atomic mass is 10.0. The number of fused-ring (bicyclic) bond motifs is 2. The fraction of sp³-hybridized carbons (Fsp3) is 0.364. The van der Waals surface area contributed by atoms with Crippen LogP contribution in [0.1, 0.15) is 40.1 Å². The van der Waals surface area contributed by atoms with E-state index in [0.29, 0.717) is 24.6 Å². The highest BCUT2D eigenvalue weighted by molar-refractivity contribution is 7.91. The first-order valence-corrected chi connectivity index (χ1v) is 11.3. The molecule has 0 unspecified atom stereocenters. The predicted octanol–water partition coefficient (Wildman–Crippen LogP) is 2.48. The third-order valence-electron chi connectivity index (χ3n) is 5.47. The minimum absolute atomic E-state index is 0.00407. The molecule has 1 saturated heterocycles. The van der Waals surface area contributed by atoms with Crippen LogP contribution in [-0.4, -0.2) is 62.6 Å². The molecule has 4 rings (SSSR count). The normalized spacial score (nSPS) is 18.4. The average molecular weight is 413 g/mol. The van der Waals surface area contributed by atoms with Gasteiger partial charge in [0.15, 0.2) is 5.78 Å². The van der Waals surface area contributed by atoms with Crippen molar-refractivity contribution in [2.75, 3.05) is 32.7 Å². The highest BCUT2D eigenvalue weighted by atomic mass is 32.2. The van der Waals surface area contributed by atoms with Crippen molar-refractivity contribution >= 4 is 21.5 Å². The number of piperazine rings is 1. The van der Waals surface area contributed by atoms with Crippen LogP contribution in [0.25, 0.3) is 0 Å². The van der Waals surface area contributed by atoms with Crippen molar-refractivity contribution in [3.05, 3.63) is 59.2 Å². The zero-order valence-electron chi connectivity index (χ0n) is 16.6. The second-order valence-electron chi connectivity index (χ2n) is 8.03. The number of amides is 1. The molecule has 1 fully saturated rings. The lowest BCUT2D eigenvalue weighted by molar-refractivity contribution is 0.0623. The molecule has 29 heavy (non-hydrogen) atoms. The molecule has 0 atom stereocenters. The third-order valence-corrected chi connectivity index (χ3v) is 7.32. The molecule has 0 spiro atoms. The Bertz CT molecular complexity index is 1080. The molecule has 2 heterocycles. The Balaban J connectivity index is 1.61. The molecule has 6 nitrogen and oxygen atoms in total. The maximum Gasteiger partial charge on any atom is 0.253 e. The van der Waals surface area contributed by atoms with Crippen molar-refractivity contribution < 1.29 is 18.0 Å². The van der Waals surface area contributed by atoms with Gasteiger partial charge in [-0.25, -0.2) is 8.42 Å². The molecule has 7 heteroatoms. The maximum absolute atomic E-state index is 13.1. The van der Waals surface area contributed by atoms with Crippen LogP contribution in [-0.2, 0) is 9.84 Å². The molecule has 0 N–H and O–H groups in total. The van der Waals surface area contributed by atoms with Crippen LogP contribution in [0.15, 0.2) is 52.3 Å². The van der Waals surface area contributed by atoms with Crippen molar-refractivity contribution in [3.8, 4) is 0 Å². The number of ketones is 1. The molecular weight excluding hydrogens is 388 g/mol. The summed E-state index contributed by atoms with van der Waals surface area (Å²) in [6.07, 6.45) is 0. The summed E-state index contributed by atoms with van der Waals surface area (Å²) in [7, 11) is -3.84. The van der Waals surface area contributed by atoms with Crippen LogP contribution in [0.3, 0.4) is 0 Å². The van der Waals surface area contributed by atoms with Gasteiger partial charge in [0.25, 0.3) is 5.91 Å². The van der Waals surface area contributed by atoms with Gasteiger partial charge in [-0.3, -0.25) is 14.5 Å². The molecule has 0 radical (unpaired) electrons. The molecule has 0 aromatic heterocycles. The van der Waals surface area contributed by atoms with E-state index in [0.717, 1.165) is 19.6 Å². The number of benzene rings is 2. The number of nitrogens with zero attached hydrogens (tertiary/aromatic N) is 2. The number of sulfone groups is 1. The molecule has 0 aliphatic carbocycles. The summed E-state index contributed by atoms with van der Waals surface area (Å²) in [6.45, 7) is 8.17. The predicted molar refractivity (Wildman–Crippen MR) is 109 cm³/mol. The van der Waals surface area contributed by atoms with Crippen molar-refractivity contribution in [1.82, 2.24) is 9.80 Å². The van der Waals surface area contributed by atoms with Gasteiger partial charge in [0.05, 0.1) is 9.79 Å². The van der Waals surface area contributed by atoms with Crippen molar-refractivity contribution in [1.29, 1.82) is 0 Å². The number of hydrogen-bond donors (Lipinski definition) is 0. The van der Waals surface area contributed by atoms with E-state index in [4.69, 9.17) is 0 Å². The summed E-state index contributed by atoms with van der Waals surface area (Å²) in [6, 6.07) is 10.6. The van der Waals surface area contributed by atoms with Gasteiger partial charge in [0.1, 0.15) is 0 Å². The summed E-state index contributed by atoms with van der Waals surface area (Å²) < 4.78 is 26.1. The Labute approximate surface area is 171 Å². The molecule has 2 aliphatic heterocycles. The van der Waals surface area contributed by atoms with E-state index in [1.165, 1.54) is 24.3 Å². The Morgan fingerprint density at radius 2 is 1.62 bits per heavy atom. The summed E-state index contributed by atoms with van der Waals surface area (Å²) >= 11 is 0. The molecule has 152 valence electrons. The van der Waals surface area contributed by atoms with Gasteiger partial charge in [0, 0.05) is 49.4 Å². The zero-order valence-corrected chi connectivity index (χ0v) is 17.4. The van der Waals surface area contributed by atoms with Crippen LogP contribution < -0.4 is 0 Å². The summed E-state index contributed by atoms with van der Waals surface area (Å²) in [4.78, 5) is 29.7. The van der Waals surface area contributed by atoms with Crippen molar-refractivity contribution in [2.45, 2.75) is 23.6 Å². The Kier molecular flexibility index (Phi) is 5.04. The van der Waals surface area contributed by atoms with E-state index < -0.39 is 9.84 Å². The fourth-order valence-electron chi connectivity index (χ4n) is 4.05. The first-order chi connectivity index (χ1) is 13.8. The fourth-order valence-corrected chi connectivity index (χ4v) is 5.73. The number of hydrogen-bond acceptors (Lipinski definition) is 5. The Morgan fingerprint density at radius 3 is 2.31 bits per heavy atom. The van der Waals surface area contributed by atoms with Crippen LogP contribution in [0, 0.1) is 5.92 Å². The zero-order chi connectivity index (χ0) is 20.8. The second kappa shape index (κ2) is 7.39. The SMILES string of the molecule is CC(C)CN1CCN(C(=O)c2ccc3c(c2)S(=O)(=O)c2ccccc2C3=O)CC1. The van der Waals surface area contributed by atoms with Gasteiger partial charge in [0.2, 0.25) is 9.84 Å². The van der Waals surface area contributed by atoms with Gasteiger partial charge in [-0.1, -0.05) is 26.0 Å². The first-order valence-electron chi connectivity index (χ1n) is 9.83. The summed E-state index contributed by atoms with van der Waals surface area (Å²) in [5, 5.41) is 0. The monoisotopic (exact) mass is 412 g/mol. The highest BCUT2D eigenvalue weighted by Crippen LogP contribution is 2.35. The van der Waals surface area contributed by atoms with Crippen LogP contribution >= 0.6 is 0 Å². The van der Waals surface area contributed by atoms with Gasteiger partial charge in [-0.2, -0.15) is 0 Å². The van der Waals surface area contributed by atoms with E-state index in [9.17, 15) is 18.0 Å². The molecular formula is C22H24N2O4S. The molecule has 2 aromatic rings. The van der Waals surface area contributed by atoms with Crippen LogP contribution in [0.5, 0.6) is 0 Å². The van der Waals surface area contributed by atoms with Crippen LogP contribution in [0.2, 0.25) is 0 Å². The molecule has 2 aliphatic rings. The lowest BCUT2D eigenvalue weighted by Gasteiger charge is -2.35. The van der Waals surface area contributed by atoms with Gasteiger partial charge >= 0.3 is 0 Å². The second-order valence-corrected chi connectivity index (χ2v) is 9.91. The number of carbonyl (C=O) groups is 2. The molecule has 2 aromatic carbocycles. The Hall–Kier alpha value is -2.51. The first kappa shape index (κ1) is 19.8. The molecule has 0 saturated carbocycles. The highest BCUT2D eigenvalue weighted by Gasteiger charge is 2.35. The van der Waals surface area contributed by atoms with Crippen LogP contribution in [0.4, 0.5) is 0 Å². The smallest absolute Gasteiger partial charge is 0.253 e. The molecule has 0 bridgehead atoms. The van der Waals surface area contributed by atoms with Gasteiger partial charge in [-0.05, 0) is 36.2 Å². The summed E-state index contributed by atoms with van der Waals surface area (Å²) in [5.41, 5.74) is 0.610. The molecule has 1 amide bonds. The third kappa shape index (κ3) is 3.49. The largest absolute Gasteiger partial charge is 0.336 e. The minimum atomic E-state index is -3.84. The Morgan fingerprint density at radius 1 is 0.966 bits per heavy atom. The summed E-state index contributed by atoms with van der Waals surface area (Å²) in [5.74, 6) is 0.0498. The van der Waals surface area contributed by atoms with E-state index in [1.807, 2.05) is 0 Å². The van der Waals surface area contributed by atoms with E-state index in [1.54, 1.807) is 23.1 Å². The average Bonchev–Trinajstić information content (AvgIpc) is 2.71. The minimum Gasteiger partial charge on any atom is -0.336 e. The van der Waals surface area contributed by atoms with Crippen molar-refractivity contribution in [3.63, 3.8) is 0 Å². The van der Waals surface area contributed by atoms with E-state index in [2.05, 4.69) is 18.7 Å². The standard InChI is InChI=1S/C22H24N2O4S/c1-15(2)14-23-9-11-24(12-10-23)22(26)16-7-8-18-20(13-16)29(27,28)19-6-4-3-5-17(19)21(18)25/h3-8,13,15H,9-12,14H2,1-2H3. The van der Waals surface area contributed by atoms with E-state index in [-0.39, 0.29) is 32.6 Å². The van der Waals surface area contributed by atoms with Crippen molar-refractivity contribution in [2.24, 2.45) is 5.92 Å². The van der Waals surface area contributed by atoms with E-state index >= 15 is 0 Å². The topological polar surface area (TPSA) is 74.8 Å². The maximum atomic E-state index is 13.1. The van der Waals surface area contributed by atoms with Gasteiger partial charge in [-0.15, -0.1) is 0 Å². The quantitative estimate of drug-likeness (QED) is 0.661. The number of rotatable bonds is 3.